The number of amides is 1. The van der Waals surface area contributed by atoms with Crippen molar-refractivity contribution in [1.29, 1.82) is 0 Å². The maximum Gasteiger partial charge on any atom is 0.273 e. The second-order valence-corrected chi connectivity index (χ2v) is 6.62. The molecule has 0 aliphatic heterocycles. The fourth-order valence-electron chi connectivity index (χ4n) is 2.40. The van der Waals surface area contributed by atoms with E-state index in [9.17, 15) is 14.9 Å². The summed E-state index contributed by atoms with van der Waals surface area (Å²) >= 11 is 1.38. The Morgan fingerprint density at radius 1 is 1.17 bits per heavy atom. The number of nitro benzene ring substituents is 1. The van der Waals surface area contributed by atoms with Gasteiger partial charge in [-0.1, -0.05) is 23.5 Å². The molecule has 0 aliphatic carbocycles. The lowest BCUT2D eigenvalue weighted by Gasteiger charge is -2.03. The van der Waals surface area contributed by atoms with Crippen molar-refractivity contribution in [3.63, 3.8) is 0 Å². The van der Waals surface area contributed by atoms with Crippen molar-refractivity contribution in [1.82, 2.24) is 4.98 Å². The molecular formula is C17H15N3O3S. The van der Waals surface area contributed by atoms with Gasteiger partial charge in [0.15, 0.2) is 5.13 Å². The highest BCUT2D eigenvalue weighted by Crippen LogP contribution is 2.30. The van der Waals surface area contributed by atoms with Crippen LogP contribution < -0.4 is 5.32 Å². The fourth-order valence-corrected chi connectivity index (χ4v) is 3.32. The molecule has 3 aromatic rings. The summed E-state index contributed by atoms with van der Waals surface area (Å²) in [7, 11) is 0. The minimum Gasteiger partial charge on any atom is -0.298 e. The first kappa shape index (κ1) is 16.1. The second-order valence-electron chi connectivity index (χ2n) is 5.59. The Morgan fingerprint density at radius 2 is 1.88 bits per heavy atom. The number of anilines is 1. The zero-order valence-electron chi connectivity index (χ0n) is 13.4. The smallest absolute Gasteiger partial charge is 0.273 e. The molecule has 0 fully saturated rings. The summed E-state index contributed by atoms with van der Waals surface area (Å²) < 4.78 is 0.989. The number of benzene rings is 2. The number of aryl methyl sites for hydroxylation is 3. The Bertz CT molecular complexity index is 979. The zero-order valence-corrected chi connectivity index (χ0v) is 14.2. The van der Waals surface area contributed by atoms with Gasteiger partial charge >= 0.3 is 0 Å². The summed E-state index contributed by atoms with van der Waals surface area (Å²) in [4.78, 5) is 27.3. The van der Waals surface area contributed by atoms with E-state index in [1.807, 2.05) is 26.0 Å². The van der Waals surface area contributed by atoms with Crippen molar-refractivity contribution >= 4 is 38.3 Å². The summed E-state index contributed by atoms with van der Waals surface area (Å²) in [5.41, 5.74) is 3.76. The van der Waals surface area contributed by atoms with Gasteiger partial charge in [0.1, 0.15) is 0 Å². The van der Waals surface area contributed by atoms with E-state index in [0.29, 0.717) is 10.7 Å². The van der Waals surface area contributed by atoms with E-state index in [-0.39, 0.29) is 11.3 Å². The van der Waals surface area contributed by atoms with Crippen molar-refractivity contribution in [3.8, 4) is 0 Å². The minimum atomic E-state index is -0.490. The number of thiazole rings is 1. The molecule has 0 radical (unpaired) electrons. The van der Waals surface area contributed by atoms with Crippen LogP contribution >= 0.6 is 11.3 Å². The number of nitrogens with one attached hydrogen (secondary N) is 1. The average molecular weight is 341 g/mol. The lowest BCUT2D eigenvalue weighted by Crippen LogP contribution is -2.12. The second kappa shape index (κ2) is 6.01. The van der Waals surface area contributed by atoms with Gasteiger partial charge < -0.3 is 0 Å². The Morgan fingerprint density at radius 3 is 2.58 bits per heavy atom. The topological polar surface area (TPSA) is 85.1 Å². The quantitative estimate of drug-likeness (QED) is 0.566. The third kappa shape index (κ3) is 2.85. The number of hydrogen-bond acceptors (Lipinski definition) is 5. The number of carbonyl (C=O) groups excluding carboxylic acids is 1. The van der Waals surface area contributed by atoms with Gasteiger partial charge in [0.25, 0.3) is 11.6 Å². The van der Waals surface area contributed by atoms with Crippen LogP contribution in [0.3, 0.4) is 0 Å². The average Bonchev–Trinajstić information content (AvgIpc) is 2.94. The van der Waals surface area contributed by atoms with Gasteiger partial charge in [0.2, 0.25) is 0 Å². The number of nitrogens with zero attached hydrogens (tertiary/aromatic N) is 2. The molecule has 1 N–H and O–H groups in total. The van der Waals surface area contributed by atoms with Crippen molar-refractivity contribution in [2.45, 2.75) is 20.8 Å². The van der Waals surface area contributed by atoms with Crippen LogP contribution in [0.1, 0.15) is 27.0 Å². The Labute approximate surface area is 142 Å². The molecule has 0 atom stereocenters. The van der Waals surface area contributed by atoms with Crippen molar-refractivity contribution in [3.05, 3.63) is 62.7 Å². The van der Waals surface area contributed by atoms with E-state index in [2.05, 4.69) is 10.3 Å². The minimum absolute atomic E-state index is 0.0709. The largest absolute Gasteiger partial charge is 0.298 e. The summed E-state index contributed by atoms with van der Waals surface area (Å²) in [6.07, 6.45) is 0. The van der Waals surface area contributed by atoms with E-state index >= 15 is 0 Å². The number of carbonyl (C=O) groups is 1. The predicted octanol–water partition coefficient (Wildman–Crippen LogP) is 4.38. The first-order valence-electron chi connectivity index (χ1n) is 7.30. The number of rotatable bonds is 3. The maximum absolute atomic E-state index is 12.4. The van der Waals surface area contributed by atoms with Gasteiger partial charge in [-0.15, -0.1) is 0 Å². The summed E-state index contributed by atoms with van der Waals surface area (Å²) in [6, 6.07) is 8.42. The molecule has 122 valence electrons. The molecule has 1 amide bonds. The standard InChI is InChI=1S/C17H15N3O3S/c1-9-5-7-14-15(11(9)3)18-17(24-14)19-16(21)12-6-4-10(2)13(8-12)20(22)23/h4-8H,1-3H3,(H,18,19,21). The van der Waals surface area contributed by atoms with E-state index in [1.54, 1.807) is 19.1 Å². The van der Waals surface area contributed by atoms with E-state index in [0.717, 1.165) is 21.3 Å². The molecule has 1 heterocycles. The van der Waals surface area contributed by atoms with Crippen LogP contribution in [0.4, 0.5) is 10.8 Å². The van der Waals surface area contributed by atoms with E-state index in [1.165, 1.54) is 17.4 Å². The highest BCUT2D eigenvalue weighted by atomic mass is 32.1. The Hall–Kier alpha value is -2.80. The lowest BCUT2D eigenvalue weighted by atomic mass is 10.1. The molecule has 2 aromatic carbocycles. The van der Waals surface area contributed by atoms with Gasteiger partial charge in [-0.25, -0.2) is 4.98 Å². The van der Waals surface area contributed by atoms with Crippen molar-refractivity contribution in [2.24, 2.45) is 0 Å². The molecule has 0 saturated heterocycles. The third-order valence-electron chi connectivity index (χ3n) is 3.97. The van der Waals surface area contributed by atoms with Crippen LogP contribution in [0.25, 0.3) is 10.2 Å². The molecule has 3 rings (SSSR count). The highest BCUT2D eigenvalue weighted by Gasteiger charge is 2.16. The monoisotopic (exact) mass is 341 g/mol. The molecule has 0 saturated carbocycles. The highest BCUT2D eigenvalue weighted by molar-refractivity contribution is 7.22. The predicted molar refractivity (Wildman–Crippen MR) is 94.9 cm³/mol. The van der Waals surface area contributed by atoms with Crippen LogP contribution in [0.15, 0.2) is 30.3 Å². The number of aromatic nitrogens is 1. The third-order valence-corrected chi connectivity index (χ3v) is 4.91. The molecule has 0 unspecified atom stereocenters. The van der Waals surface area contributed by atoms with Gasteiger partial charge in [-0.05, 0) is 44.0 Å². The maximum atomic E-state index is 12.4. The van der Waals surface area contributed by atoms with E-state index < -0.39 is 10.8 Å². The Balaban J connectivity index is 1.91. The summed E-state index contributed by atoms with van der Waals surface area (Å²) in [5, 5.41) is 14.2. The van der Waals surface area contributed by atoms with Crippen LogP contribution in [-0.2, 0) is 0 Å². The number of nitro groups is 1. The van der Waals surface area contributed by atoms with Crippen molar-refractivity contribution in [2.75, 3.05) is 5.32 Å². The summed E-state index contributed by atoms with van der Waals surface area (Å²) in [6.45, 7) is 5.64. The first-order valence-corrected chi connectivity index (χ1v) is 8.11. The molecule has 0 bridgehead atoms. The van der Waals surface area contributed by atoms with Crippen molar-refractivity contribution < 1.29 is 9.72 Å². The lowest BCUT2D eigenvalue weighted by molar-refractivity contribution is -0.385. The zero-order chi connectivity index (χ0) is 17.4. The van der Waals surface area contributed by atoms with E-state index in [4.69, 9.17) is 0 Å². The Kier molecular flexibility index (Phi) is 4.02. The molecule has 7 heteroatoms. The molecule has 6 nitrogen and oxygen atoms in total. The van der Waals surface area contributed by atoms with Gasteiger partial charge in [0.05, 0.1) is 15.1 Å². The first-order chi connectivity index (χ1) is 11.4. The fraction of sp³-hybridized carbons (Fsp3) is 0.176. The van der Waals surface area contributed by atoms with Gasteiger partial charge in [-0.3, -0.25) is 20.2 Å². The molecule has 24 heavy (non-hydrogen) atoms. The number of fused-ring (bicyclic) bond motifs is 1. The van der Waals surface area contributed by atoms with Crippen LogP contribution in [0.5, 0.6) is 0 Å². The SMILES string of the molecule is Cc1ccc(C(=O)Nc2nc3c(C)c(C)ccc3s2)cc1[N+](=O)[O-]. The molecular weight excluding hydrogens is 326 g/mol. The molecule has 0 spiro atoms. The molecule has 1 aromatic heterocycles. The molecule has 0 aliphatic rings. The van der Waals surface area contributed by atoms with Crippen LogP contribution in [0.2, 0.25) is 0 Å². The summed E-state index contributed by atoms with van der Waals surface area (Å²) in [5.74, 6) is -0.411. The van der Waals surface area contributed by atoms with Crippen LogP contribution in [0, 0.1) is 30.9 Å². The van der Waals surface area contributed by atoms with Gasteiger partial charge in [0, 0.05) is 17.2 Å². The van der Waals surface area contributed by atoms with Crippen LogP contribution in [-0.4, -0.2) is 15.8 Å². The normalized spacial score (nSPS) is 10.8. The van der Waals surface area contributed by atoms with Gasteiger partial charge in [-0.2, -0.15) is 0 Å². The number of hydrogen-bond donors (Lipinski definition) is 1.